The van der Waals surface area contributed by atoms with Crippen LogP contribution in [0.15, 0.2) is 24.5 Å². The summed E-state index contributed by atoms with van der Waals surface area (Å²) in [6.07, 6.45) is 4.88. The molecule has 0 radical (unpaired) electrons. The molecule has 2 rings (SSSR count). The minimum absolute atomic E-state index is 0.176. The van der Waals surface area contributed by atoms with Crippen molar-refractivity contribution < 1.29 is 14.3 Å². The minimum atomic E-state index is -0.281. The van der Waals surface area contributed by atoms with Gasteiger partial charge in [-0.15, -0.1) is 0 Å². The molecule has 24 heavy (non-hydrogen) atoms. The summed E-state index contributed by atoms with van der Waals surface area (Å²) in [6.45, 7) is 4.48. The lowest BCUT2D eigenvalue weighted by Crippen LogP contribution is -2.50. The summed E-state index contributed by atoms with van der Waals surface area (Å²) in [5, 5.41) is 0. The SMILES string of the molecule is CCOC(=O)N1CCN(C(=O)CCSCCc2ccncc2)CC1. The van der Waals surface area contributed by atoms with E-state index in [1.807, 2.05) is 17.0 Å². The van der Waals surface area contributed by atoms with Crippen molar-refractivity contribution in [2.45, 2.75) is 19.8 Å². The molecule has 1 aliphatic rings. The number of carbonyl (C=O) groups excluding carboxylic acids is 2. The molecule has 2 amide bonds. The quantitative estimate of drug-likeness (QED) is 0.704. The maximum absolute atomic E-state index is 12.2. The maximum Gasteiger partial charge on any atom is 0.409 e. The molecule has 1 aliphatic heterocycles. The third-order valence-corrected chi connectivity index (χ3v) is 4.89. The second kappa shape index (κ2) is 10.2. The fourth-order valence-corrected chi connectivity index (χ4v) is 3.42. The number of hydrogen-bond acceptors (Lipinski definition) is 5. The van der Waals surface area contributed by atoms with Gasteiger partial charge in [-0.05, 0) is 36.8 Å². The van der Waals surface area contributed by atoms with Crippen LogP contribution in [-0.4, -0.2) is 71.1 Å². The molecule has 0 aromatic carbocycles. The molecule has 1 saturated heterocycles. The molecule has 6 nitrogen and oxygen atoms in total. The average Bonchev–Trinajstić information content (AvgIpc) is 2.62. The van der Waals surface area contributed by atoms with Gasteiger partial charge < -0.3 is 14.5 Å². The topological polar surface area (TPSA) is 62.7 Å². The molecule has 7 heteroatoms. The lowest BCUT2D eigenvalue weighted by atomic mass is 10.2. The zero-order chi connectivity index (χ0) is 17.2. The number of amides is 2. The molecule has 1 aromatic rings. The highest BCUT2D eigenvalue weighted by atomic mass is 32.2. The van der Waals surface area contributed by atoms with Gasteiger partial charge >= 0.3 is 6.09 Å². The number of hydrogen-bond donors (Lipinski definition) is 0. The largest absolute Gasteiger partial charge is 0.450 e. The molecule has 0 unspecified atom stereocenters. The summed E-state index contributed by atoms with van der Waals surface area (Å²) in [4.78, 5) is 31.3. The van der Waals surface area contributed by atoms with Crippen molar-refractivity contribution in [3.8, 4) is 0 Å². The Morgan fingerprint density at radius 3 is 2.46 bits per heavy atom. The Bertz CT molecular complexity index is 519. The van der Waals surface area contributed by atoms with E-state index in [0.29, 0.717) is 39.2 Å². The Balaban J connectivity index is 1.57. The number of ether oxygens (including phenoxy) is 1. The third-order valence-electron chi connectivity index (χ3n) is 3.90. The second-order valence-corrected chi connectivity index (χ2v) is 6.76. The first kappa shape index (κ1) is 18.6. The standard InChI is InChI=1S/C17H25N3O3S/c1-2-23-17(22)20-11-9-19(10-12-20)16(21)6-14-24-13-5-15-3-7-18-8-4-15/h3-4,7-8H,2,5-6,9-14H2,1H3. The predicted molar refractivity (Wildman–Crippen MR) is 95.1 cm³/mol. The Kier molecular flexibility index (Phi) is 7.88. The fraction of sp³-hybridized carbons (Fsp3) is 0.588. The average molecular weight is 351 g/mol. The van der Waals surface area contributed by atoms with Crippen LogP contribution in [-0.2, 0) is 16.0 Å². The highest BCUT2D eigenvalue weighted by molar-refractivity contribution is 7.99. The summed E-state index contributed by atoms with van der Waals surface area (Å²) in [5.74, 6) is 2.02. The van der Waals surface area contributed by atoms with Gasteiger partial charge in [0.15, 0.2) is 0 Å². The summed E-state index contributed by atoms with van der Waals surface area (Å²) >= 11 is 1.80. The van der Waals surface area contributed by atoms with Crippen LogP contribution in [0.2, 0.25) is 0 Å². The van der Waals surface area contributed by atoms with Crippen molar-refractivity contribution in [3.05, 3.63) is 30.1 Å². The minimum Gasteiger partial charge on any atom is -0.450 e. The number of rotatable bonds is 7. The van der Waals surface area contributed by atoms with Gasteiger partial charge in [0.25, 0.3) is 0 Å². The monoisotopic (exact) mass is 351 g/mol. The first-order valence-corrected chi connectivity index (χ1v) is 9.52. The lowest BCUT2D eigenvalue weighted by Gasteiger charge is -2.34. The molecule has 0 saturated carbocycles. The van der Waals surface area contributed by atoms with Crippen LogP contribution in [0.25, 0.3) is 0 Å². The molecular weight excluding hydrogens is 326 g/mol. The first-order chi connectivity index (χ1) is 11.7. The van der Waals surface area contributed by atoms with Gasteiger partial charge in [-0.2, -0.15) is 11.8 Å². The molecular formula is C17H25N3O3S. The lowest BCUT2D eigenvalue weighted by molar-refractivity contribution is -0.132. The zero-order valence-corrected chi connectivity index (χ0v) is 15.0. The van der Waals surface area contributed by atoms with Crippen molar-refractivity contribution in [2.24, 2.45) is 0 Å². The van der Waals surface area contributed by atoms with Gasteiger partial charge in [-0.25, -0.2) is 4.79 Å². The van der Waals surface area contributed by atoms with Crippen LogP contribution in [0.4, 0.5) is 4.79 Å². The van der Waals surface area contributed by atoms with Gasteiger partial charge in [0.2, 0.25) is 5.91 Å². The second-order valence-electron chi connectivity index (χ2n) is 5.53. The van der Waals surface area contributed by atoms with Crippen LogP contribution in [0, 0.1) is 0 Å². The molecule has 132 valence electrons. The fourth-order valence-electron chi connectivity index (χ4n) is 2.51. The summed E-state index contributed by atoms with van der Waals surface area (Å²) < 4.78 is 4.98. The molecule has 0 N–H and O–H groups in total. The van der Waals surface area contributed by atoms with Gasteiger partial charge in [-0.1, -0.05) is 0 Å². The van der Waals surface area contributed by atoms with Gasteiger partial charge in [0.1, 0.15) is 0 Å². The maximum atomic E-state index is 12.2. The molecule has 0 aliphatic carbocycles. The first-order valence-electron chi connectivity index (χ1n) is 8.37. The van der Waals surface area contributed by atoms with E-state index in [9.17, 15) is 9.59 Å². The Morgan fingerprint density at radius 2 is 1.79 bits per heavy atom. The van der Waals surface area contributed by atoms with E-state index >= 15 is 0 Å². The number of thioether (sulfide) groups is 1. The van der Waals surface area contributed by atoms with Gasteiger partial charge in [-0.3, -0.25) is 9.78 Å². The highest BCUT2D eigenvalue weighted by Gasteiger charge is 2.24. The number of pyridine rings is 1. The molecule has 0 spiro atoms. The van der Waals surface area contributed by atoms with Crippen molar-refractivity contribution in [1.29, 1.82) is 0 Å². The van der Waals surface area contributed by atoms with Crippen LogP contribution in [0.5, 0.6) is 0 Å². The van der Waals surface area contributed by atoms with Crippen molar-refractivity contribution >= 4 is 23.8 Å². The van der Waals surface area contributed by atoms with Gasteiger partial charge in [0, 0.05) is 50.7 Å². The number of nitrogens with zero attached hydrogens (tertiary/aromatic N) is 3. The number of aromatic nitrogens is 1. The van der Waals surface area contributed by atoms with Crippen molar-refractivity contribution in [2.75, 3.05) is 44.3 Å². The van der Waals surface area contributed by atoms with E-state index in [1.54, 1.807) is 36.0 Å². The summed E-state index contributed by atoms with van der Waals surface area (Å²) in [6, 6.07) is 4.05. The predicted octanol–water partition coefficient (Wildman–Crippen LogP) is 2.05. The summed E-state index contributed by atoms with van der Waals surface area (Å²) in [5.41, 5.74) is 1.28. The Morgan fingerprint density at radius 1 is 1.12 bits per heavy atom. The van der Waals surface area contributed by atoms with Gasteiger partial charge in [0.05, 0.1) is 6.61 Å². The van der Waals surface area contributed by atoms with E-state index < -0.39 is 0 Å². The van der Waals surface area contributed by atoms with E-state index in [4.69, 9.17) is 4.74 Å². The number of carbonyl (C=O) groups is 2. The smallest absolute Gasteiger partial charge is 0.409 e. The number of piperazine rings is 1. The molecule has 1 fully saturated rings. The van der Waals surface area contributed by atoms with Crippen LogP contribution in [0.3, 0.4) is 0 Å². The third kappa shape index (κ3) is 6.03. The molecule has 0 bridgehead atoms. The highest BCUT2D eigenvalue weighted by Crippen LogP contribution is 2.10. The Labute approximate surface area is 147 Å². The van der Waals surface area contributed by atoms with Crippen molar-refractivity contribution in [3.63, 3.8) is 0 Å². The molecule has 0 atom stereocenters. The van der Waals surface area contributed by atoms with E-state index in [0.717, 1.165) is 17.9 Å². The van der Waals surface area contributed by atoms with E-state index in [-0.39, 0.29) is 12.0 Å². The van der Waals surface area contributed by atoms with Crippen LogP contribution >= 0.6 is 11.8 Å². The zero-order valence-electron chi connectivity index (χ0n) is 14.1. The van der Waals surface area contributed by atoms with E-state index in [1.165, 1.54) is 5.56 Å². The summed E-state index contributed by atoms with van der Waals surface area (Å²) in [7, 11) is 0. The molecule has 1 aromatic heterocycles. The van der Waals surface area contributed by atoms with Crippen LogP contribution in [0.1, 0.15) is 18.9 Å². The Hall–Kier alpha value is -1.76. The normalized spacial score (nSPS) is 14.5. The van der Waals surface area contributed by atoms with Crippen molar-refractivity contribution in [1.82, 2.24) is 14.8 Å². The van der Waals surface area contributed by atoms with E-state index in [2.05, 4.69) is 4.98 Å². The molecule has 2 heterocycles. The van der Waals surface area contributed by atoms with Crippen LogP contribution < -0.4 is 0 Å². The number of aryl methyl sites for hydroxylation is 1.